The van der Waals surface area contributed by atoms with Gasteiger partial charge in [-0.1, -0.05) is 68.5 Å². The zero-order chi connectivity index (χ0) is 22.4. The molecular weight excluding hydrogens is 408 g/mol. The zero-order valence-corrected chi connectivity index (χ0v) is 19.7. The van der Waals surface area contributed by atoms with Gasteiger partial charge in [-0.2, -0.15) is 0 Å². The molecule has 6 rings (SSSR count). The topological polar surface area (TPSA) is 50.2 Å². The first-order chi connectivity index (χ1) is 16.2. The van der Waals surface area contributed by atoms with Gasteiger partial charge in [0.1, 0.15) is 5.82 Å². The Kier molecular flexibility index (Phi) is 5.51. The Morgan fingerprint density at radius 3 is 2.58 bits per heavy atom. The van der Waals surface area contributed by atoms with Crippen LogP contribution in [0, 0.1) is 17.8 Å². The molecule has 5 nitrogen and oxygen atoms in total. The van der Waals surface area contributed by atoms with Crippen molar-refractivity contribution in [3.63, 3.8) is 0 Å². The minimum atomic E-state index is 0.0460. The fourth-order valence-corrected chi connectivity index (χ4v) is 7.00. The number of carbonyl (C=O) groups excluding carboxylic acids is 1. The minimum absolute atomic E-state index is 0.0460. The van der Waals surface area contributed by atoms with E-state index in [1.807, 2.05) is 12.3 Å². The van der Waals surface area contributed by atoms with Crippen molar-refractivity contribution in [1.82, 2.24) is 19.8 Å². The van der Waals surface area contributed by atoms with E-state index in [2.05, 4.69) is 52.2 Å². The van der Waals surface area contributed by atoms with Crippen molar-refractivity contribution in [2.45, 2.75) is 69.9 Å². The molecule has 4 aliphatic rings. The van der Waals surface area contributed by atoms with Crippen LogP contribution in [0.2, 0.25) is 0 Å². The van der Waals surface area contributed by atoms with E-state index in [9.17, 15) is 4.79 Å². The highest BCUT2D eigenvalue weighted by Crippen LogP contribution is 2.45. The molecule has 3 heterocycles. The van der Waals surface area contributed by atoms with Crippen LogP contribution in [0.15, 0.2) is 48.3 Å². The maximum absolute atomic E-state index is 13.9. The molecule has 2 saturated carbocycles. The maximum atomic E-state index is 13.9. The molecular formula is C28H36N4O. The zero-order valence-electron chi connectivity index (χ0n) is 19.7. The molecule has 1 N–H and O–H groups in total. The Balaban J connectivity index is 1.32. The predicted octanol–water partition coefficient (Wildman–Crippen LogP) is 5.21. The van der Waals surface area contributed by atoms with Crippen molar-refractivity contribution >= 4 is 5.91 Å². The van der Waals surface area contributed by atoms with E-state index in [1.165, 1.54) is 56.9 Å². The molecule has 1 saturated heterocycles. The summed E-state index contributed by atoms with van der Waals surface area (Å²) in [5, 5.41) is 3.62. The quantitative estimate of drug-likeness (QED) is 0.707. The molecule has 1 amide bonds. The second-order valence-corrected chi connectivity index (χ2v) is 10.7. The molecule has 5 atom stereocenters. The SMILES string of the molecule is Cn1c(-c2ccccc2)cnc1C1CC2CCCCC2CN1C(=O)C1=CC2CCCCC2N1. The van der Waals surface area contributed by atoms with Gasteiger partial charge in [-0.25, -0.2) is 4.98 Å². The summed E-state index contributed by atoms with van der Waals surface area (Å²) in [6.07, 6.45) is 15.4. The smallest absolute Gasteiger partial charge is 0.270 e. The first kappa shape index (κ1) is 21.0. The molecule has 0 bridgehead atoms. The maximum Gasteiger partial charge on any atom is 0.270 e. The Hall–Kier alpha value is -2.56. The lowest BCUT2D eigenvalue weighted by Crippen LogP contribution is -2.49. The van der Waals surface area contributed by atoms with Crippen LogP contribution in [0.4, 0.5) is 0 Å². The number of hydrogen-bond donors (Lipinski definition) is 1. The van der Waals surface area contributed by atoms with E-state index >= 15 is 0 Å². The van der Waals surface area contributed by atoms with Crippen LogP contribution in [0.25, 0.3) is 11.3 Å². The summed E-state index contributed by atoms with van der Waals surface area (Å²) in [5.74, 6) is 3.10. The number of amides is 1. The minimum Gasteiger partial charge on any atom is -0.378 e. The number of nitrogens with one attached hydrogen (secondary N) is 1. The van der Waals surface area contributed by atoms with E-state index in [1.54, 1.807) is 0 Å². The van der Waals surface area contributed by atoms with Crippen molar-refractivity contribution in [1.29, 1.82) is 0 Å². The molecule has 2 aliphatic heterocycles. The van der Waals surface area contributed by atoms with Crippen molar-refractivity contribution < 1.29 is 4.79 Å². The third kappa shape index (κ3) is 3.79. The van der Waals surface area contributed by atoms with Crippen LogP contribution in [-0.4, -0.2) is 32.9 Å². The average molecular weight is 445 g/mol. The van der Waals surface area contributed by atoms with Gasteiger partial charge in [-0.15, -0.1) is 0 Å². The summed E-state index contributed by atoms with van der Waals surface area (Å²) < 4.78 is 2.22. The summed E-state index contributed by atoms with van der Waals surface area (Å²) >= 11 is 0. The monoisotopic (exact) mass is 444 g/mol. The normalized spacial score (nSPS) is 31.4. The highest BCUT2D eigenvalue weighted by Gasteiger charge is 2.43. The van der Waals surface area contributed by atoms with Crippen LogP contribution < -0.4 is 5.32 Å². The highest BCUT2D eigenvalue weighted by atomic mass is 16.2. The average Bonchev–Trinajstić information content (AvgIpc) is 3.47. The Bertz CT molecular complexity index is 1040. The van der Waals surface area contributed by atoms with Gasteiger partial charge >= 0.3 is 0 Å². The van der Waals surface area contributed by atoms with E-state index in [4.69, 9.17) is 4.98 Å². The molecule has 174 valence electrons. The summed E-state index contributed by atoms with van der Waals surface area (Å²) in [7, 11) is 2.11. The first-order valence-electron chi connectivity index (χ1n) is 13.1. The van der Waals surface area contributed by atoms with Gasteiger partial charge in [0.05, 0.1) is 23.6 Å². The van der Waals surface area contributed by atoms with Crippen molar-refractivity contribution in [3.8, 4) is 11.3 Å². The van der Waals surface area contributed by atoms with Gasteiger partial charge in [0.2, 0.25) is 0 Å². The lowest BCUT2D eigenvalue weighted by molar-refractivity contribution is -0.134. The van der Waals surface area contributed by atoms with Gasteiger partial charge in [-0.05, 0) is 49.0 Å². The van der Waals surface area contributed by atoms with Gasteiger partial charge in [0.15, 0.2) is 0 Å². The number of hydrogen-bond acceptors (Lipinski definition) is 3. The summed E-state index contributed by atoms with van der Waals surface area (Å²) in [6.45, 7) is 0.871. The molecule has 2 aromatic rings. The summed E-state index contributed by atoms with van der Waals surface area (Å²) in [6, 6.07) is 11.0. The molecule has 1 aromatic heterocycles. The number of rotatable bonds is 3. The van der Waals surface area contributed by atoms with E-state index < -0.39 is 0 Å². The number of fused-ring (bicyclic) bond motifs is 2. The Labute approximate surface area is 197 Å². The molecule has 2 aliphatic carbocycles. The van der Waals surface area contributed by atoms with Gasteiger partial charge in [0, 0.05) is 19.6 Å². The fourth-order valence-electron chi connectivity index (χ4n) is 7.00. The summed E-state index contributed by atoms with van der Waals surface area (Å²) in [5.41, 5.74) is 3.14. The summed E-state index contributed by atoms with van der Waals surface area (Å²) in [4.78, 5) is 21.0. The molecule has 0 spiro atoms. The standard InChI is InChI=1S/C28H36N4O/c1-31-26(19-9-3-2-4-10-19)17-29-27(31)25-16-20-11-5-6-13-22(20)18-32(25)28(33)24-15-21-12-7-8-14-23(21)30-24/h2-4,9-10,15,17,20-23,25,30H,5-8,11-14,16,18H2,1H3. The number of carbonyl (C=O) groups is 1. The molecule has 3 fully saturated rings. The molecule has 0 radical (unpaired) electrons. The fraction of sp³-hybridized carbons (Fsp3) is 0.571. The Morgan fingerprint density at radius 1 is 1.00 bits per heavy atom. The number of nitrogens with zero attached hydrogens (tertiary/aromatic N) is 3. The first-order valence-corrected chi connectivity index (χ1v) is 13.1. The van der Waals surface area contributed by atoms with Crippen molar-refractivity contribution in [2.75, 3.05) is 6.54 Å². The number of imidazole rings is 1. The van der Waals surface area contributed by atoms with E-state index in [-0.39, 0.29) is 11.9 Å². The number of benzene rings is 1. The van der Waals surface area contributed by atoms with E-state index in [0.29, 0.717) is 23.8 Å². The van der Waals surface area contributed by atoms with Crippen LogP contribution in [0.3, 0.4) is 0 Å². The molecule has 5 unspecified atom stereocenters. The van der Waals surface area contributed by atoms with Gasteiger partial charge in [-0.3, -0.25) is 4.79 Å². The van der Waals surface area contributed by atoms with E-state index in [0.717, 1.165) is 30.2 Å². The van der Waals surface area contributed by atoms with Crippen LogP contribution >= 0.6 is 0 Å². The van der Waals surface area contributed by atoms with Crippen LogP contribution in [-0.2, 0) is 11.8 Å². The van der Waals surface area contributed by atoms with Gasteiger partial charge < -0.3 is 14.8 Å². The lowest BCUT2D eigenvalue weighted by atomic mass is 9.72. The lowest BCUT2D eigenvalue weighted by Gasteiger charge is -2.46. The number of piperidine rings is 1. The second kappa shape index (κ2) is 8.66. The molecule has 1 aromatic carbocycles. The number of likely N-dealkylation sites (tertiary alicyclic amines) is 1. The second-order valence-electron chi connectivity index (χ2n) is 10.7. The molecule has 33 heavy (non-hydrogen) atoms. The highest BCUT2D eigenvalue weighted by molar-refractivity contribution is 5.94. The third-order valence-electron chi connectivity index (χ3n) is 8.82. The van der Waals surface area contributed by atoms with Gasteiger partial charge in [0.25, 0.3) is 5.91 Å². The van der Waals surface area contributed by atoms with Crippen molar-refractivity contribution in [2.24, 2.45) is 24.8 Å². The van der Waals surface area contributed by atoms with Crippen LogP contribution in [0.5, 0.6) is 0 Å². The van der Waals surface area contributed by atoms with Crippen LogP contribution in [0.1, 0.15) is 69.7 Å². The Morgan fingerprint density at radius 2 is 1.76 bits per heavy atom. The largest absolute Gasteiger partial charge is 0.378 e. The third-order valence-corrected chi connectivity index (χ3v) is 8.82. The van der Waals surface area contributed by atoms with Crippen molar-refractivity contribution in [3.05, 3.63) is 54.1 Å². The predicted molar refractivity (Wildman–Crippen MR) is 130 cm³/mol. The number of aromatic nitrogens is 2. The molecule has 5 heteroatoms.